The highest BCUT2D eigenvalue weighted by Gasteiger charge is 2.04. The van der Waals surface area contributed by atoms with Crippen molar-refractivity contribution in [3.05, 3.63) is 36.0 Å². The molecule has 0 aliphatic rings. The van der Waals surface area contributed by atoms with Gasteiger partial charge in [-0.2, -0.15) is 0 Å². The number of carbonyl (C=O) groups excluding carboxylic acids is 1. The molecule has 0 fully saturated rings. The van der Waals surface area contributed by atoms with E-state index in [1.165, 1.54) is 6.20 Å². The van der Waals surface area contributed by atoms with Crippen LogP contribution in [0.3, 0.4) is 0 Å². The predicted molar refractivity (Wildman–Crippen MR) is 66.0 cm³/mol. The molecule has 0 saturated carbocycles. The molecule has 4 heteroatoms. The summed E-state index contributed by atoms with van der Waals surface area (Å²) in [5.41, 5.74) is 6.39. The number of nitrogens with two attached hydrogens (primary N) is 1. The second kappa shape index (κ2) is 4.41. The van der Waals surface area contributed by atoms with Crippen LogP contribution in [0, 0.1) is 0 Å². The number of hydrogen-bond acceptors (Lipinski definition) is 3. The van der Waals surface area contributed by atoms with E-state index >= 15 is 0 Å². The summed E-state index contributed by atoms with van der Waals surface area (Å²) in [7, 11) is 0. The standard InChI is InChI=1S/C13H14N2O2/c1-8(2)17-11-4-3-9-5-10(13(14)16)7-15-12(9)6-11/h3-8H,1-2H3,(H2,14,16). The maximum atomic E-state index is 11.0. The molecule has 0 aliphatic carbocycles. The first kappa shape index (κ1) is 11.4. The molecule has 1 aromatic carbocycles. The number of amides is 1. The predicted octanol–water partition coefficient (Wildman–Crippen LogP) is 2.12. The lowest BCUT2D eigenvalue weighted by atomic mass is 10.1. The zero-order valence-corrected chi connectivity index (χ0v) is 9.81. The number of fused-ring (bicyclic) bond motifs is 1. The highest BCUT2D eigenvalue weighted by Crippen LogP contribution is 2.20. The van der Waals surface area contributed by atoms with Crippen molar-refractivity contribution in [1.29, 1.82) is 0 Å². The van der Waals surface area contributed by atoms with Crippen molar-refractivity contribution in [3.8, 4) is 5.75 Å². The number of primary amides is 1. The second-order valence-corrected chi connectivity index (χ2v) is 4.11. The minimum Gasteiger partial charge on any atom is -0.491 e. The fourth-order valence-corrected chi connectivity index (χ4v) is 1.58. The van der Waals surface area contributed by atoms with E-state index in [-0.39, 0.29) is 6.10 Å². The Morgan fingerprint density at radius 1 is 1.35 bits per heavy atom. The summed E-state index contributed by atoms with van der Waals surface area (Å²) in [5.74, 6) is 0.300. The number of aromatic nitrogens is 1. The van der Waals surface area contributed by atoms with Crippen LogP contribution < -0.4 is 10.5 Å². The molecule has 0 saturated heterocycles. The second-order valence-electron chi connectivity index (χ2n) is 4.11. The Bertz CT molecular complexity index is 564. The van der Waals surface area contributed by atoms with E-state index in [1.54, 1.807) is 6.07 Å². The van der Waals surface area contributed by atoms with Crippen molar-refractivity contribution >= 4 is 16.8 Å². The number of carbonyl (C=O) groups is 1. The molecule has 1 amide bonds. The first-order chi connectivity index (χ1) is 8.06. The molecule has 2 aromatic rings. The van der Waals surface area contributed by atoms with Gasteiger partial charge in [0.15, 0.2) is 0 Å². The molecule has 0 spiro atoms. The van der Waals surface area contributed by atoms with Crippen molar-refractivity contribution in [2.24, 2.45) is 5.73 Å². The quantitative estimate of drug-likeness (QED) is 0.878. The monoisotopic (exact) mass is 230 g/mol. The molecule has 17 heavy (non-hydrogen) atoms. The Hall–Kier alpha value is -2.10. The van der Waals surface area contributed by atoms with Crippen LogP contribution in [-0.4, -0.2) is 17.0 Å². The number of rotatable bonds is 3. The van der Waals surface area contributed by atoms with Gasteiger partial charge in [0, 0.05) is 17.6 Å². The Morgan fingerprint density at radius 3 is 2.76 bits per heavy atom. The number of pyridine rings is 1. The van der Waals surface area contributed by atoms with E-state index in [1.807, 2.05) is 32.0 Å². The van der Waals surface area contributed by atoms with Gasteiger partial charge in [-0.3, -0.25) is 9.78 Å². The minimum absolute atomic E-state index is 0.123. The highest BCUT2D eigenvalue weighted by molar-refractivity contribution is 5.96. The molecule has 0 atom stereocenters. The summed E-state index contributed by atoms with van der Waals surface area (Å²) < 4.78 is 5.57. The Balaban J connectivity index is 2.43. The number of ether oxygens (including phenoxy) is 1. The molecule has 0 aliphatic heterocycles. The smallest absolute Gasteiger partial charge is 0.250 e. The van der Waals surface area contributed by atoms with Gasteiger partial charge in [0.05, 0.1) is 17.2 Å². The Morgan fingerprint density at radius 2 is 2.12 bits per heavy atom. The number of hydrogen-bond donors (Lipinski definition) is 1. The van der Waals surface area contributed by atoms with Crippen LogP contribution in [0.2, 0.25) is 0 Å². The van der Waals surface area contributed by atoms with Gasteiger partial charge in [0.2, 0.25) is 5.91 Å². The molecule has 0 bridgehead atoms. The highest BCUT2D eigenvalue weighted by atomic mass is 16.5. The summed E-state index contributed by atoms with van der Waals surface area (Å²) in [6, 6.07) is 7.30. The van der Waals surface area contributed by atoms with Crippen molar-refractivity contribution < 1.29 is 9.53 Å². The van der Waals surface area contributed by atoms with Gasteiger partial charge >= 0.3 is 0 Å². The van der Waals surface area contributed by atoms with Gasteiger partial charge in [-0.15, -0.1) is 0 Å². The van der Waals surface area contributed by atoms with Crippen LogP contribution in [0.15, 0.2) is 30.5 Å². The van der Waals surface area contributed by atoms with Crippen molar-refractivity contribution in [2.75, 3.05) is 0 Å². The summed E-state index contributed by atoms with van der Waals surface area (Å²) in [6.45, 7) is 3.93. The average Bonchev–Trinajstić information content (AvgIpc) is 2.27. The van der Waals surface area contributed by atoms with E-state index in [0.717, 1.165) is 16.7 Å². The molecule has 2 rings (SSSR count). The third-order valence-electron chi connectivity index (χ3n) is 2.31. The van der Waals surface area contributed by atoms with Crippen LogP contribution in [-0.2, 0) is 0 Å². The van der Waals surface area contributed by atoms with E-state index in [2.05, 4.69) is 4.98 Å². The van der Waals surface area contributed by atoms with E-state index in [9.17, 15) is 4.79 Å². The zero-order valence-electron chi connectivity index (χ0n) is 9.81. The van der Waals surface area contributed by atoms with Gasteiger partial charge in [-0.1, -0.05) is 0 Å². The third kappa shape index (κ3) is 2.53. The van der Waals surface area contributed by atoms with Crippen molar-refractivity contribution in [2.45, 2.75) is 20.0 Å². The molecular weight excluding hydrogens is 216 g/mol. The molecular formula is C13H14N2O2. The Labute approximate surface area is 99.4 Å². The van der Waals surface area contributed by atoms with Gasteiger partial charge in [0.1, 0.15) is 5.75 Å². The first-order valence-electron chi connectivity index (χ1n) is 5.42. The van der Waals surface area contributed by atoms with Crippen molar-refractivity contribution in [3.63, 3.8) is 0 Å². The van der Waals surface area contributed by atoms with E-state index < -0.39 is 5.91 Å². The summed E-state index contributed by atoms with van der Waals surface area (Å²) >= 11 is 0. The van der Waals surface area contributed by atoms with E-state index in [0.29, 0.717) is 5.56 Å². The average molecular weight is 230 g/mol. The lowest BCUT2D eigenvalue weighted by molar-refractivity contribution is 0.1000. The van der Waals surface area contributed by atoms with Crippen LogP contribution >= 0.6 is 0 Å². The largest absolute Gasteiger partial charge is 0.491 e. The summed E-state index contributed by atoms with van der Waals surface area (Å²) in [5, 5.41) is 0.873. The van der Waals surface area contributed by atoms with Crippen LogP contribution in [0.25, 0.3) is 10.9 Å². The molecule has 1 heterocycles. The minimum atomic E-state index is -0.470. The number of benzene rings is 1. The SMILES string of the molecule is CC(C)Oc1ccc2cc(C(N)=O)cnc2c1. The summed E-state index contributed by atoms with van der Waals surface area (Å²) in [6.07, 6.45) is 1.60. The summed E-state index contributed by atoms with van der Waals surface area (Å²) in [4.78, 5) is 15.2. The normalized spacial score (nSPS) is 10.8. The molecule has 88 valence electrons. The third-order valence-corrected chi connectivity index (χ3v) is 2.31. The van der Waals surface area contributed by atoms with Crippen LogP contribution in [0.4, 0.5) is 0 Å². The zero-order chi connectivity index (χ0) is 12.4. The van der Waals surface area contributed by atoms with Crippen LogP contribution in [0.1, 0.15) is 24.2 Å². The maximum Gasteiger partial charge on any atom is 0.250 e. The van der Waals surface area contributed by atoms with E-state index in [4.69, 9.17) is 10.5 Å². The van der Waals surface area contributed by atoms with Crippen molar-refractivity contribution in [1.82, 2.24) is 4.98 Å². The fraction of sp³-hybridized carbons (Fsp3) is 0.231. The fourth-order valence-electron chi connectivity index (χ4n) is 1.58. The maximum absolute atomic E-state index is 11.0. The van der Waals surface area contributed by atoms with Gasteiger partial charge < -0.3 is 10.5 Å². The Kier molecular flexibility index (Phi) is 2.95. The molecule has 1 aromatic heterocycles. The number of nitrogens with zero attached hydrogens (tertiary/aromatic N) is 1. The topological polar surface area (TPSA) is 65.2 Å². The molecule has 0 radical (unpaired) electrons. The van der Waals surface area contributed by atoms with Gasteiger partial charge in [-0.25, -0.2) is 0 Å². The molecule has 2 N–H and O–H groups in total. The van der Waals surface area contributed by atoms with Gasteiger partial charge in [-0.05, 0) is 32.0 Å². The molecule has 4 nitrogen and oxygen atoms in total. The first-order valence-corrected chi connectivity index (χ1v) is 5.42. The lowest BCUT2D eigenvalue weighted by Gasteiger charge is -2.10. The van der Waals surface area contributed by atoms with Crippen LogP contribution in [0.5, 0.6) is 5.75 Å². The molecule has 0 unspecified atom stereocenters. The van der Waals surface area contributed by atoms with Gasteiger partial charge in [0.25, 0.3) is 0 Å². The lowest BCUT2D eigenvalue weighted by Crippen LogP contribution is -2.11.